The minimum absolute atomic E-state index is 0.556. The SMILES string of the molecule is C[C@@]1(C(=O)NC(c2ccc(Cl)cc2)c2ccc(Cl)cc2)NC(=O)NC1=O. The molecule has 0 aromatic heterocycles. The highest BCUT2D eigenvalue weighted by Crippen LogP contribution is 2.26. The van der Waals surface area contributed by atoms with Gasteiger partial charge in [0.15, 0.2) is 5.54 Å². The zero-order valence-corrected chi connectivity index (χ0v) is 15.2. The third-order valence-corrected chi connectivity index (χ3v) is 4.68. The molecule has 1 saturated heterocycles. The highest BCUT2D eigenvalue weighted by Gasteiger charge is 2.49. The Morgan fingerprint density at radius 2 is 1.42 bits per heavy atom. The average Bonchev–Trinajstić information content (AvgIpc) is 2.87. The number of carbonyl (C=O) groups excluding carboxylic acids is 3. The molecular weight excluding hydrogens is 377 g/mol. The Morgan fingerprint density at radius 1 is 0.962 bits per heavy atom. The number of urea groups is 1. The smallest absolute Gasteiger partial charge is 0.322 e. The summed E-state index contributed by atoms with van der Waals surface area (Å²) in [4.78, 5) is 36.2. The van der Waals surface area contributed by atoms with E-state index < -0.39 is 29.4 Å². The van der Waals surface area contributed by atoms with Gasteiger partial charge in [-0.05, 0) is 42.3 Å². The van der Waals surface area contributed by atoms with Crippen LogP contribution in [0.15, 0.2) is 48.5 Å². The molecule has 0 radical (unpaired) electrons. The first kappa shape index (κ1) is 18.2. The van der Waals surface area contributed by atoms with Crippen molar-refractivity contribution in [1.29, 1.82) is 0 Å². The van der Waals surface area contributed by atoms with Gasteiger partial charge in [0.2, 0.25) is 0 Å². The second kappa shape index (κ2) is 6.97. The maximum atomic E-state index is 12.8. The fourth-order valence-electron chi connectivity index (χ4n) is 2.65. The zero-order valence-electron chi connectivity index (χ0n) is 13.7. The molecular formula is C18H15Cl2N3O3. The van der Waals surface area contributed by atoms with Crippen LogP contribution in [0.4, 0.5) is 4.79 Å². The van der Waals surface area contributed by atoms with E-state index in [9.17, 15) is 14.4 Å². The Morgan fingerprint density at radius 3 is 1.81 bits per heavy atom. The van der Waals surface area contributed by atoms with Crippen molar-refractivity contribution >= 4 is 41.0 Å². The van der Waals surface area contributed by atoms with Gasteiger partial charge in [0.25, 0.3) is 11.8 Å². The van der Waals surface area contributed by atoms with E-state index >= 15 is 0 Å². The van der Waals surface area contributed by atoms with Crippen molar-refractivity contribution in [1.82, 2.24) is 16.0 Å². The summed E-state index contributed by atoms with van der Waals surface area (Å²) in [7, 11) is 0. The van der Waals surface area contributed by atoms with Crippen LogP contribution < -0.4 is 16.0 Å². The number of benzene rings is 2. The zero-order chi connectivity index (χ0) is 18.9. The van der Waals surface area contributed by atoms with Crippen LogP contribution in [0.2, 0.25) is 10.0 Å². The van der Waals surface area contributed by atoms with Crippen molar-refractivity contribution in [2.45, 2.75) is 18.5 Å². The summed E-state index contributed by atoms with van der Waals surface area (Å²) in [5, 5.41) is 8.36. The van der Waals surface area contributed by atoms with Gasteiger partial charge in [0, 0.05) is 10.0 Å². The predicted octanol–water partition coefficient (Wildman–Crippen LogP) is 2.80. The van der Waals surface area contributed by atoms with E-state index in [-0.39, 0.29) is 0 Å². The van der Waals surface area contributed by atoms with Crippen molar-refractivity contribution in [3.63, 3.8) is 0 Å². The molecule has 0 spiro atoms. The molecule has 0 saturated carbocycles. The van der Waals surface area contributed by atoms with Crippen LogP contribution in [0.5, 0.6) is 0 Å². The van der Waals surface area contributed by atoms with Gasteiger partial charge in [-0.3, -0.25) is 14.9 Å². The van der Waals surface area contributed by atoms with Gasteiger partial charge in [-0.15, -0.1) is 0 Å². The van der Waals surface area contributed by atoms with Crippen molar-refractivity contribution in [3.05, 3.63) is 69.7 Å². The lowest BCUT2D eigenvalue weighted by atomic mass is 9.95. The predicted molar refractivity (Wildman–Crippen MR) is 98.0 cm³/mol. The van der Waals surface area contributed by atoms with E-state index in [1.54, 1.807) is 48.5 Å². The molecule has 134 valence electrons. The van der Waals surface area contributed by atoms with Crippen molar-refractivity contribution in [2.75, 3.05) is 0 Å². The first-order valence-corrected chi connectivity index (χ1v) is 8.51. The lowest BCUT2D eigenvalue weighted by Gasteiger charge is -2.25. The quantitative estimate of drug-likeness (QED) is 0.553. The second-order valence-electron chi connectivity index (χ2n) is 6.04. The van der Waals surface area contributed by atoms with Crippen molar-refractivity contribution in [3.8, 4) is 0 Å². The van der Waals surface area contributed by atoms with E-state index in [0.717, 1.165) is 11.1 Å². The summed E-state index contributed by atoms with van der Waals surface area (Å²) in [6.07, 6.45) is 0. The minimum Gasteiger partial charge on any atom is -0.343 e. The molecule has 2 aromatic carbocycles. The fourth-order valence-corrected chi connectivity index (χ4v) is 2.90. The number of rotatable bonds is 4. The first-order chi connectivity index (χ1) is 12.3. The van der Waals surface area contributed by atoms with Crippen molar-refractivity contribution in [2.24, 2.45) is 0 Å². The van der Waals surface area contributed by atoms with Crippen LogP contribution in [-0.4, -0.2) is 23.4 Å². The molecule has 6 nitrogen and oxygen atoms in total. The third-order valence-electron chi connectivity index (χ3n) is 4.18. The maximum Gasteiger partial charge on any atom is 0.322 e. The topological polar surface area (TPSA) is 87.3 Å². The standard InChI is InChI=1S/C18H15Cl2N3O3/c1-18(16(25)22-17(26)23-18)15(24)21-14(10-2-6-12(19)7-3-10)11-4-8-13(20)9-5-11/h2-9,14H,1H3,(H,21,24)(H2,22,23,25,26)/t18-/m0/s1. The molecule has 3 N–H and O–H groups in total. The summed E-state index contributed by atoms with van der Waals surface area (Å²) < 4.78 is 0. The largest absolute Gasteiger partial charge is 0.343 e. The Kier molecular flexibility index (Phi) is 4.89. The van der Waals surface area contributed by atoms with E-state index in [0.29, 0.717) is 10.0 Å². The molecule has 0 aliphatic carbocycles. The number of nitrogens with one attached hydrogen (secondary N) is 3. The van der Waals surface area contributed by atoms with Gasteiger partial charge in [0.05, 0.1) is 6.04 Å². The van der Waals surface area contributed by atoms with Crippen LogP contribution in [0, 0.1) is 0 Å². The van der Waals surface area contributed by atoms with Crippen LogP contribution in [0.3, 0.4) is 0 Å². The first-order valence-electron chi connectivity index (χ1n) is 7.75. The average molecular weight is 392 g/mol. The van der Waals surface area contributed by atoms with Crippen LogP contribution in [-0.2, 0) is 9.59 Å². The Labute approximate surface area is 159 Å². The molecule has 1 atom stereocenters. The second-order valence-corrected chi connectivity index (χ2v) is 6.92. The highest BCUT2D eigenvalue weighted by molar-refractivity contribution is 6.30. The number of imide groups is 1. The summed E-state index contributed by atoms with van der Waals surface area (Å²) in [6.45, 7) is 1.35. The van der Waals surface area contributed by atoms with Gasteiger partial charge in [0.1, 0.15) is 0 Å². The van der Waals surface area contributed by atoms with Gasteiger partial charge < -0.3 is 10.6 Å². The number of amides is 4. The Balaban J connectivity index is 1.94. The Hall–Kier alpha value is -2.57. The van der Waals surface area contributed by atoms with Gasteiger partial charge in [-0.2, -0.15) is 0 Å². The summed E-state index contributed by atoms with van der Waals surface area (Å²) in [5.74, 6) is -1.33. The monoisotopic (exact) mass is 391 g/mol. The summed E-state index contributed by atoms with van der Waals surface area (Å²) in [6, 6.07) is 12.7. The molecule has 2 aromatic rings. The molecule has 8 heteroatoms. The number of carbonyl (C=O) groups is 3. The molecule has 1 aliphatic rings. The molecule has 1 heterocycles. The summed E-state index contributed by atoms with van der Waals surface area (Å²) >= 11 is 11.9. The highest BCUT2D eigenvalue weighted by atomic mass is 35.5. The normalized spacial score (nSPS) is 19.2. The van der Waals surface area contributed by atoms with Crippen molar-refractivity contribution < 1.29 is 14.4 Å². The summed E-state index contributed by atoms with van der Waals surface area (Å²) in [5.41, 5.74) is -0.162. The molecule has 3 rings (SSSR count). The van der Waals surface area contributed by atoms with Gasteiger partial charge >= 0.3 is 6.03 Å². The molecule has 1 fully saturated rings. The molecule has 4 amide bonds. The van der Waals surface area contributed by atoms with Crippen LogP contribution in [0.25, 0.3) is 0 Å². The van der Waals surface area contributed by atoms with E-state index in [2.05, 4.69) is 16.0 Å². The molecule has 26 heavy (non-hydrogen) atoms. The number of hydrogen-bond donors (Lipinski definition) is 3. The lowest BCUT2D eigenvalue weighted by Crippen LogP contribution is -2.57. The van der Waals surface area contributed by atoms with Gasteiger partial charge in [-0.25, -0.2) is 4.79 Å². The fraction of sp³-hybridized carbons (Fsp3) is 0.167. The Bertz CT molecular complexity index is 823. The minimum atomic E-state index is -1.69. The number of halogens is 2. The van der Waals surface area contributed by atoms with E-state index in [1.807, 2.05) is 0 Å². The van der Waals surface area contributed by atoms with Crippen LogP contribution >= 0.6 is 23.2 Å². The van der Waals surface area contributed by atoms with Crippen LogP contribution in [0.1, 0.15) is 24.1 Å². The molecule has 0 bridgehead atoms. The maximum absolute atomic E-state index is 12.8. The molecule has 1 aliphatic heterocycles. The molecule has 0 unspecified atom stereocenters. The lowest BCUT2D eigenvalue weighted by molar-refractivity contribution is -0.135. The van der Waals surface area contributed by atoms with Gasteiger partial charge in [-0.1, -0.05) is 47.5 Å². The van der Waals surface area contributed by atoms with E-state index in [1.165, 1.54) is 6.92 Å². The van der Waals surface area contributed by atoms with E-state index in [4.69, 9.17) is 23.2 Å². The number of hydrogen-bond acceptors (Lipinski definition) is 3. The third kappa shape index (κ3) is 3.52.